The predicted octanol–water partition coefficient (Wildman–Crippen LogP) is 7.46. The van der Waals surface area contributed by atoms with E-state index >= 15 is 0 Å². The van der Waals surface area contributed by atoms with Crippen molar-refractivity contribution in [1.82, 2.24) is 0 Å². The fraction of sp³-hybridized carbons (Fsp3) is 0. The van der Waals surface area contributed by atoms with E-state index in [1.54, 1.807) is 0 Å². The van der Waals surface area contributed by atoms with Gasteiger partial charge in [-0.3, -0.25) is 0 Å². The Morgan fingerprint density at radius 2 is 0.595 bits per heavy atom. The molecule has 0 amide bonds. The summed E-state index contributed by atoms with van der Waals surface area (Å²) in [5, 5.41) is 7.88. The predicted molar refractivity (Wildman–Crippen MR) is 191 cm³/mol. The first kappa shape index (κ1) is 30.9. The molecule has 42 heavy (non-hydrogen) atoms. The van der Waals surface area contributed by atoms with Crippen LogP contribution in [0.2, 0.25) is 0 Å². The summed E-state index contributed by atoms with van der Waals surface area (Å²) in [6.45, 7) is 0. The summed E-state index contributed by atoms with van der Waals surface area (Å²) in [6.07, 6.45) is 0. The van der Waals surface area contributed by atoms with Crippen molar-refractivity contribution in [2.45, 2.75) is 0 Å². The molecular formula is C36H30Cl2OP2Po+2. The summed E-state index contributed by atoms with van der Waals surface area (Å²) in [6, 6.07) is 60.6. The molecule has 6 heteroatoms. The number of ether oxygens (including phenoxy) is 1. The van der Waals surface area contributed by atoms with E-state index in [0.29, 0.717) is 0 Å². The molecule has 0 fully saturated rings. The number of hydrogen-bond donors (Lipinski definition) is 0. The average molecular weight is 820 g/mol. The van der Waals surface area contributed by atoms with E-state index in [1.807, 2.05) is 0 Å². The van der Waals surface area contributed by atoms with Crippen LogP contribution >= 0.6 is 32.7 Å². The minimum absolute atomic E-state index is 0.806. The van der Waals surface area contributed by atoms with Gasteiger partial charge in [0.1, 0.15) is 47.7 Å². The van der Waals surface area contributed by atoms with E-state index in [2.05, 4.69) is 170 Å². The third kappa shape index (κ3) is 7.89. The summed E-state index contributed by atoms with van der Waals surface area (Å²) in [7, 11) is 7.30. The van der Waals surface area contributed by atoms with Crippen LogP contribution in [0, 0.1) is 0 Å². The average Bonchev–Trinajstić information content (AvgIpc) is 3.05. The Balaban J connectivity index is 0.00000113. The van der Waals surface area contributed by atoms with E-state index in [1.165, 1.54) is 31.8 Å². The molecule has 0 atom stereocenters. The Morgan fingerprint density at radius 1 is 0.357 bits per heavy atom. The van der Waals surface area contributed by atoms with Crippen molar-refractivity contribution in [2.75, 3.05) is 0 Å². The third-order valence-electron chi connectivity index (χ3n) is 6.78. The van der Waals surface area contributed by atoms with Crippen LogP contribution in [0.25, 0.3) is 0 Å². The van der Waals surface area contributed by atoms with Crippen molar-refractivity contribution >= 4 is 85.7 Å². The summed E-state index contributed by atoms with van der Waals surface area (Å²) in [5.41, 5.74) is 0. The summed E-state index contributed by atoms with van der Waals surface area (Å²) in [5.74, 6) is 1.85. The largest absolute Gasteiger partial charge is 0.449 e. The maximum absolute atomic E-state index is 6.94. The fourth-order valence-corrected chi connectivity index (χ4v) is 10.3. The second-order valence-corrected chi connectivity index (χ2v) is 18.8. The molecular weight excluding hydrogens is 790 g/mol. The van der Waals surface area contributed by atoms with Gasteiger partial charge in [-0.15, -0.1) is 0 Å². The quantitative estimate of drug-likeness (QED) is 0.145. The van der Waals surface area contributed by atoms with E-state index in [0.717, 1.165) is 11.5 Å². The Hall–Kier alpha value is -2.54. The van der Waals surface area contributed by atoms with E-state index < -0.39 is 37.0 Å². The van der Waals surface area contributed by atoms with E-state index in [4.69, 9.17) is 21.6 Å². The van der Waals surface area contributed by atoms with Crippen LogP contribution in [0.3, 0.4) is 0 Å². The molecule has 0 saturated heterocycles. The van der Waals surface area contributed by atoms with Crippen molar-refractivity contribution in [3.05, 3.63) is 170 Å². The molecule has 0 aromatic heterocycles. The van der Waals surface area contributed by atoms with Crippen molar-refractivity contribution in [2.24, 2.45) is 0 Å². The molecule has 208 valence electrons. The zero-order valence-electron chi connectivity index (χ0n) is 22.7. The monoisotopic (exact) mass is 819 g/mol. The summed E-state index contributed by atoms with van der Waals surface area (Å²) < 4.78 is 6.94. The number of rotatable bonds is 8. The summed E-state index contributed by atoms with van der Waals surface area (Å²) >= 11 is -0.806. The van der Waals surface area contributed by atoms with Gasteiger partial charge in [0.15, 0.2) is 11.5 Å². The topological polar surface area (TPSA) is 9.23 Å². The van der Waals surface area contributed by atoms with Crippen LogP contribution in [0.15, 0.2) is 170 Å². The SMILES string of the molecule is [Cl][Po][Cl].c1ccc([PH+](c2ccccc2)c2ccccc2Oc2ccccc2[PH+](c2ccccc2)c2ccccc2)cc1. The first-order valence-corrected chi connectivity index (χ1v) is 24.3. The molecule has 0 saturated carbocycles. The Kier molecular flexibility index (Phi) is 12.0. The molecule has 0 N–H and O–H groups in total. The van der Waals surface area contributed by atoms with Crippen molar-refractivity contribution < 1.29 is 4.74 Å². The van der Waals surface area contributed by atoms with Gasteiger partial charge in [0.2, 0.25) is 0 Å². The number of hydrogen-bond acceptors (Lipinski definition) is 1. The minimum atomic E-state index is -1.28. The Morgan fingerprint density at radius 3 is 0.881 bits per heavy atom. The van der Waals surface area contributed by atoms with Crippen molar-refractivity contribution in [3.63, 3.8) is 0 Å². The first-order chi connectivity index (χ1) is 20.8. The van der Waals surface area contributed by atoms with Crippen LogP contribution in [0.4, 0.5) is 0 Å². The van der Waals surface area contributed by atoms with Gasteiger partial charge in [-0.1, -0.05) is 97.1 Å². The molecule has 6 aromatic carbocycles. The second kappa shape index (κ2) is 16.3. The van der Waals surface area contributed by atoms with E-state index in [9.17, 15) is 0 Å². The molecule has 0 radical (unpaired) electrons. The molecule has 0 aliphatic heterocycles. The minimum Gasteiger partial charge on any atom is -0.449 e. The third-order valence-corrected chi connectivity index (χ3v) is 12.3. The first-order valence-electron chi connectivity index (χ1n) is 13.5. The maximum Gasteiger partial charge on any atom is 0.170 e. The maximum atomic E-state index is 6.94. The van der Waals surface area contributed by atoms with Crippen LogP contribution in [0.1, 0.15) is 0 Å². The van der Waals surface area contributed by atoms with Gasteiger partial charge in [0, 0.05) is 0 Å². The molecule has 0 unspecified atom stereocenters. The zero-order chi connectivity index (χ0) is 29.0. The van der Waals surface area contributed by atoms with Crippen molar-refractivity contribution in [3.8, 4) is 11.5 Å². The van der Waals surface area contributed by atoms with Gasteiger partial charge in [0.05, 0.1) is 0 Å². The molecule has 1 nitrogen and oxygen atoms in total. The molecule has 0 aliphatic rings. The molecule has 0 bridgehead atoms. The molecule has 0 spiro atoms. The van der Waals surface area contributed by atoms with Gasteiger partial charge >= 0.3 is 38.1 Å². The van der Waals surface area contributed by atoms with E-state index in [-0.39, 0.29) is 0 Å². The summed E-state index contributed by atoms with van der Waals surface area (Å²) in [4.78, 5) is 0. The molecule has 6 rings (SSSR count). The normalized spacial score (nSPS) is 10.7. The standard InChI is InChI=1S/C36H28OP2.2ClH.Po/c1-5-17-29(18-6-1)38(30-19-7-2-8-20-30)35-27-15-13-25-33(35)37-34-26-14-16-28-36(34)39(31-21-9-3-10-22-31)32-23-11-4-12-24-32;;;/h1-28H;2*1H;/q;;;+2. The van der Waals surface area contributed by atoms with Crippen LogP contribution in [-0.2, 0) is 0 Å². The van der Waals surface area contributed by atoms with Gasteiger partial charge in [0.25, 0.3) is 0 Å². The van der Waals surface area contributed by atoms with Gasteiger partial charge in [-0.2, -0.15) is 0 Å². The van der Waals surface area contributed by atoms with Gasteiger partial charge in [-0.05, 0) is 72.8 Å². The Labute approximate surface area is 269 Å². The van der Waals surface area contributed by atoms with Crippen LogP contribution in [-0.4, -0.2) is 21.2 Å². The fourth-order valence-electron chi connectivity index (χ4n) is 5.02. The second-order valence-electron chi connectivity index (χ2n) is 9.37. The van der Waals surface area contributed by atoms with Gasteiger partial charge in [-0.25, -0.2) is 0 Å². The van der Waals surface area contributed by atoms with Crippen LogP contribution in [0.5, 0.6) is 11.5 Å². The number of benzene rings is 6. The Bertz CT molecular complexity index is 1450. The smallest absolute Gasteiger partial charge is 0.170 e. The zero-order valence-corrected chi connectivity index (χ0v) is 29.4. The molecule has 0 aliphatic carbocycles. The molecule has 6 aromatic rings. The molecule has 0 heterocycles. The van der Waals surface area contributed by atoms with Crippen LogP contribution < -0.4 is 36.6 Å². The number of para-hydroxylation sites is 2. The van der Waals surface area contributed by atoms with Crippen molar-refractivity contribution in [1.29, 1.82) is 0 Å². The number of halogens is 2. The van der Waals surface area contributed by atoms with Gasteiger partial charge < -0.3 is 4.74 Å².